The van der Waals surface area contributed by atoms with Gasteiger partial charge in [0.05, 0.1) is 16.1 Å². The molecule has 19 heavy (non-hydrogen) atoms. The van der Waals surface area contributed by atoms with Crippen molar-refractivity contribution in [2.24, 2.45) is 0 Å². The van der Waals surface area contributed by atoms with E-state index in [0.29, 0.717) is 22.3 Å². The van der Waals surface area contributed by atoms with Crippen LogP contribution < -0.4 is 5.32 Å². The molecule has 0 aliphatic heterocycles. The van der Waals surface area contributed by atoms with E-state index in [0.717, 1.165) is 0 Å². The highest BCUT2D eigenvalue weighted by atomic mass is 79.9. The number of rotatable bonds is 3. The summed E-state index contributed by atoms with van der Waals surface area (Å²) >= 11 is 3.09. The van der Waals surface area contributed by atoms with Crippen LogP contribution in [0.5, 0.6) is 0 Å². The molecule has 2 aromatic carbocycles. The Bertz CT molecular complexity index is 650. The van der Waals surface area contributed by atoms with Crippen LogP contribution in [0.2, 0.25) is 0 Å². The van der Waals surface area contributed by atoms with Crippen molar-refractivity contribution in [3.8, 4) is 6.07 Å². The van der Waals surface area contributed by atoms with Crippen LogP contribution in [0.1, 0.15) is 11.1 Å². The Kier molecular flexibility index (Phi) is 4.13. The molecule has 0 radical (unpaired) electrons. The fourth-order valence-corrected chi connectivity index (χ4v) is 2.01. The summed E-state index contributed by atoms with van der Waals surface area (Å²) in [5, 5.41) is 11.8. The molecule has 96 valence electrons. The van der Waals surface area contributed by atoms with Gasteiger partial charge in [0.25, 0.3) is 0 Å². The van der Waals surface area contributed by atoms with Crippen LogP contribution in [0.3, 0.4) is 0 Å². The molecule has 0 fully saturated rings. The molecule has 2 rings (SSSR count). The summed E-state index contributed by atoms with van der Waals surface area (Å²) in [5.74, 6) is -0.792. The second kappa shape index (κ2) is 5.81. The first kappa shape index (κ1) is 13.5. The van der Waals surface area contributed by atoms with Crippen molar-refractivity contribution in [3.63, 3.8) is 0 Å². The van der Waals surface area contributed by atoms with Gasteiger partial charge in [-0.15, -0.1) is 0 Å². The molecule has 0 bridgehead atoms. The van der Waals surface area contributed by atoms with E-state index < -0.39 is 5.82 Å². The molecule has 0 aliphatic rings. The van der Waals surface area contributed by atoms with Gasteiger partial charge in [0, 0.05) is 12.2 Å². The Balaban J connectivity index is 2.12. The summed E-state index contributed by atoms with van der Waals surface area (Å²) in [4.78, 5) is 0. The molecule has 0 saturated carbocycles. The quantitative estimate of drug-likeness (QED) is 0.918. The molecule has 5 heteroatoms. The Labute approximate surface area is 117 Å². The van der Waals surface area contributed by atoms with E-state index in [2.05, 4.69) is 21.2 Å². The molecule has 0 spiro atoms. The summed E-state index contributed by atoms with van der Waals surface area (Å²) in [5.41, 5.74) is 1.63. The van der Waals surface area contributed by atoms with Crippen molar-refractivity contribution < 1.29 is 8.78 Å². The Morgan fingerprint density at radius 2 is 1.95 bits per heavy atom. The number of anilines is 1. The van der Waals surface area contributed by atoms with Gasteiger partial charge in [0.1, 0.15) is 11.6 Å². The second-order valence-electron chi connectivity index (χ2n) is 3.94. The first-order valence-corrected chi connectivity index (χ1v) is 6.26. The van der Waals surface area contributed by atoms with Gasteiger partial charge < -0.3 is 5.32 Å². The van der Waals surface area contributed by atoms with Gasteiger partial charge in [-0.3, -0.25) is 0 Å². The molecule has 0 unspecified atom stereocenters. The second-order valence-corrected chi connectivity index (χ2v) is 4.80. The van der Waals surface area contributed by atoms with Gasteiger partial charge >= 0.3 is 0 Å². The van der Waals surface area contributed by atoms with E-state index >= 15 is 0 Å². The lowest BCUT2D eigenvalue weighted by molar-refractivity contribution is 0.621. The van der Waals surface area contributed by atoms with Crippen molar-refractivity contribution in [2.45, 2.75) is 6.54 Å². The van der Waals surface area contributed by atoms with Crippen LogP contribution in [0.15, 0.2) is 40.9 Å². The summed E-state index contributed by atoms with van der Waals surface area (Å²) in [6.07, 6.45) is 0. The lowest BCUT2D eigenvalue weighted by Gasteiger charge is -2.08. The third kappa shape index (κ3) is 3.52. The average molecular weight is 323 g/mol. The Morgan fingerprint density at radius 3 is 2.63 bits per heavy atom. The number of nitrogens with one attached hydrogen (secondary N) is 1. The topological polar surface area (TPSA) is 35.8 Å². The summed E-state index contributed by atoms with van der Waals surface area (Å²) in [6.45, 7) is 0.352. The lowest BCUT2D eigenvalue weighted by Crippen LogP contribution is -2.00. The summed E-state index contributed by atoms with van der Waals surface area (Å²) in [6, 6.07) is 10.6. The molecule has 0 amide bonds. The predicted molar refractivity (Wildman–Crippen MR) is 72.5 cm³/mol. The third-order valence-corrected chi connectivity index (χ3v) is 3.11. The average Bonchev–Trinajstić information content (AvgIpc) is 2.39. The van der Waals surface area contributed by atoms with E-state index in [4.69, 9.17) is 5.26 Å². The lowest BCUT2D eigenvalue weighted by atomic mass is 10.1. The number of nitrogens with zero attached hydrogens (tertiary/aromatic N) is 1. The maximum absolute atomic E-state index is 13.2. The van der Waals surface area contributed by atoms with Gasteiger partial charge in [-0.25, -0.2) is 8.78 Å². The molecular formula is C14H9BrF2N2. The minimum atomic E-state index is -0.448. The van der Waals surface area contributed by atoms with E-state index in [9.17, 15) is 8.78 Å². The number of hydrogen-bond acceptors (Lipinski definition) is 2. The van der Waals surface area contributed by atoms with Gasteiger partial charge in [-0.1, -0.05) is 0 Å². The fraction of sp³-hybridized carbons (Fsp3) is 0.0714. The summed E-state index contributed by atoms with van der Waals surface area (Å²) in [7, 11) is 0. The molecule has 0 heterocycles. The van der Waals surface area contributed by atoms with Gasteiger partial charge in [-0.2, -0.15) is 5.26 Å². The van der Waals surface area contributed by atoms with Crippen molar-refractivity contribution in [1.82, 2.24) is 0 Å². The van der Waals surface area contributed by atoms with Gasteiger partial charge in [-0.05, 0) is 57.9 Å². The van der Waals surface area contributed by atoms with Crippen molar-refractivity contribution in [1.29, 1.82) is 5.26 Å². The Hall–Kier alpha value is -1.93. The number of halogens is 3. The highest BCUT2D eigenvalue weighted by molar-refractivity contribution is 9.10. The van der Waals surface area contributed by atoms with Crippen LogP contribution in [0.25, 0.3) is 0 Å². The van der Waals surface area contributed by atoms with Gasteiger partial charge in [0.15, 0.2) is 0 Å². The molecule has 0 aliphatic carbocycles. The van der Waals surface area contributed by atoms with E-state index in [1.165, 1.54) is 18.2 Å². The van der Waals surface area contributed by atoms with E-state index in [1.807, 2.05) is 6.07 Å². The maximum atomic E-state index is 13.2. The molecule has 0 atom stereocenters. The van der Waals surface area contributed by atoms with Crippen LogP contribution in [0, 0.1) is 23.0 Å². The maximum Gasteiger partial charge on any atom is 0.137 e. The highest BCUT2D eigenvalue weighted by Crippen LogP contribution is 2.20. The number of nitriles is 1. The highest BCUT2D eigenvalue weighted by Gasteiger charge is 2.03. The predicted octanol–water partition coefficient (Wildman–Crippen LogP) is 4.21. The smallest absolute Gasteiger partial charge is 0.137 e. The summed E-state index contributed by atoms with van der Waals surface area (Å²) < 4.78 is 26.6. The minimum Gasteiger partial charge on any atom is -0.381 e. The number of benzene rings is 2. The standard InChI is InChI=1S/C14H9BrF2N2/c15-13-6-12(1-2-14(13)17)19-8-10-3-9(7-18)4-11(16)5-10/h1-6,19H,8H2. The van der Waals surface area contributed by atoms with E-state index in [1.54, 1.807) is 18.2 Å². The first-order chi connectivity index (χ1) is 9.08. The van der Waals surface area contributed by atoms with Crippen LogP contribution in [-0.4, -0.2) is 0 Å². The largest absolute Gasteiger partial charge is 0.381 e. The van der Waals surface area contributed by atoms with Crippen LogP contribution in [0.4, 0.5) is 14.5 Å². The van der Waals surface area contributed by atoms with Crippen LogP contribution >= 0.6 is 15.9 Å². The first-order valence-electron chi connectivity index (χ1n) is 5.47. The zero-order chi connectivity index (χ0) is 13.8. The molecule has 0 aromatic heterocycles. The minimum absolute atomic E-state index is 0.275. The molecule has 0 saturated heterocycles. The van der Waals surface area contributed by atoms with Crippen molar-refractivity contribution in [3.05, 3.63) is 63.6 Å². The van der Waals surface area contributed by atoms with Crippen LogP contribution in [-0.2, 0) is 6.54 Å². The fourth-order valence-electron chi connectivity index (χ4n) is 1.63. The third-order valence-electron chi connectivity index (χ3n) is 2.50. The molecule has 2 aromatic rings. The normalized spacial score (nSPS) is 10.0. The van der Waals surface area contributed by atoms with Crippen molar-refractivity contribution in [2.75, 3.05) is 5.32 Å². The molecular weight excluding hydrogens is 314 g/mol. The molecule has 2 nitrogen and oxygen atoms in total. The zero-order valence-electron chi connectivity index (χ0n) is 9.75. The number of hydrogen-bond donors (Lipinski definition) is 1. The monoisotopic (exact) mass is 322 g/mol. The zero-order valence-corrected chi connectivity index (χ0v) is 11.3. The molecule has 1 N–H and O–H groups in total. The SMILES string of the molecule is N#Cc1cc(F)cc(CNc2ccc(F)c(Br)c2)c1. The van der Waals surface area contributed by atoms with Crippen molar-refractivity contribution >= 4 is 21.6 Å². The van der Waals surface area contributed by atoms with Gasteiger partial charge in [0.2, 0.25) is 0 Å². The van der Waals surface area contributed by atoms with E-state index in [-0.39, 0.29) is 11.4 Å². The Morgan fingerprint density at radius 1 is 1.16 bits per heavy atom.